The molecule has 2 aromatic rings. The molecule has 110 valence electrons. The lowest BCUT2D eigenvalue weighted by atomic mass is 10.1. The zero-order valence-electron chi connectivity index (χ0n) is 12.1. The van der Waals surface area contributed by atoms with Crippen molar-refractivity contribution in [2.24, 2.45) is 0 Å². The number of pyridine rings is 1. The predicted molar refractivity (Wildman–Crippen MR) is 83.4 cm³/mol. The summed E-state index contributed by atoms with van der Waals surface area (Å²) in [5, 5.41) is 9.31. The van der Waals surface area contributed by atoms with Crippen LogP contribution in [-0.4, -0.2) is 45.3 Å². The highest BCUT2D eigenvalue weighted by molar-refractivity contribution is 7.13. The van der Waals surface area contributed by atoms with Crippen LogP contribution in [0.5, 0.6) is 0 Å². The van der Waals surface area contributed by atoms with Gasteiger partial charge in [0.25, 0.3) is 0 Å². The lowest BCUT2D eigenvalue weighted by Gasteiger charge is -2.24. The Morgan fingerprint density at radius 2 is 2.14 bits per heavy atom. The molecule has 0 saturated carbocycles. The van der Waals surface area contributed by atoms with Crippen LogP contribution in [-0.2, 0) is 6.54 Å². The normalized spacial score (nSPS) is 25.5. The van der Waals surface area contributed by atoms with E-state index in [9.17, 15) is 0 Å². The minimum atomic E-state index is 0.600. The number of nitrogens with zero attached hydrogens (tertiary/aromatic N) is 5. The first-order chi connectivity index (χ1) is 10.3. The number of hydrogen-bond donors (Lipinski definition) is 0. The van der Waals surface area contributed by atoms with Gasteiger partial charge in [0.05, 0.1) is 5.69 Å². The number of aromatic nitrogens is 3. The van der Waals surface area contributed by atoms with E-state index < -0.39 is 0 Å². The molecule has 2 aliphatic heterocycles. The highest BCUT2D eigenvalue weighted by Crippen LogP contribution is 2.36. The van der Waals surface area contributed by atoms with Crippen molar-refractivity contribution >= 4 is 16.5 Å². The van der Waals surface area contributed by atoms with Crippen molar-refractivity contribution < 1.29 is 0 Å². The molecule has 2 aliphatic rings. The summed E-state index contributed by atoms with van der Waals surface area (Å²) in [6.07, 6.45) is 2.44. The standard InChI is InChI=1S/C15H19N5S/c1-11-3-2-4-12(17-11)9-19-7-5-14-13(19)6-8-20(14)15-18-16-10-21-15/h2-4,10,13-14H,5-9H2,1H3/t13-,14+/m0/s1. The Morgan fingerprint density at radius 1 is 1.24 bits per heavy atom. The Kier molecular flexibility index (Phi) is 3.35. The fourth-order valence-electron chi connectivity index (χ4n) is 3.70. The fraction of sp³-hybridized carbons (Fsp3) is 0.533. The molecule has 0 aromatic carbocycles. The summed E-state index contributed by atoms with van der Waals surface area (Å²) in [6, 6.07) is 7.54. The SMILES string of the molecule is Cc1cccc(CN2CC[C@@H]3[C@@H]2CCN3c2nncs2)n1. The van der Waals surface area contributed by atoms with Gasteiger partial charge < -0.3 is 4.90 Å². The van der Waals surface area contributed by atoms with Gasteiger partial charge in [-0.2, -0.15) is 0 Å². The first-order valence-corrected chi connectivity index (χ1v) is 8.38. The van der Waals surface area contributed by atoms with Crippen LogP contribution in [0.2, 0.25) is 0 Å². The van der Waals surface area contributed by atoms with Crippen LogP contribution in [0, 0.1) is 6.92 Å². The molecule has 0 N–H and O–H groups in total. The average molecular weight is 301 g/mol. The van der Waals surface area contributed by atoms with Gasteiger partial charge in [0.2, 0.25) is 5.13 Å². The van der Waals surface area contributed by atoms with Crippen LogP contribution in [0.1, 0.15) is 24.2 Å². The van der Waals surface area contributed by atoms with Crippen molar-refractivity contribution in [3.05, 3.63) is 35.1 Å². The monoisotopic (exact) mass is 301 g/mol. The van der Waals surface area contributed by atoms with Crippen LogP contribution in [0.25, 0.3) is 0 Å². The fourth-order valence-corrected chi connectivity index (χ4v) is 4.34. The van der Waals surface area contributed by atoms with Crippen LogP contribution < -0.4 is 4.90 Å². The van der Waals surface area contributed by atoms with Crippen LogP contribution >= 0.6 is 11.3 Å². The Balaban J connectivity index is 1.48. The molecule has 6 heteroatoms. The maximum Gasteiger partial charge on any atom is 0.208 e. The topological polar surface area (TPSA) is 45.2 Å². The Bertz CT molecular complexity index is 614. The molecule has 2 atom stereocenters. The predicted octanol–water partition coefficient (Wildman–Crippen LogP) is 2.09. The van der Waals surface area contributed by atoms with Gasteiger partial charge in [0.15, 0.2) is 0 Å². The van der Waals surface area contributed by atoms with E-state index in [-0.39, 0.29) is 0 Å². The average Bonchev–Trinajstić information content (AvgIpc) is 3.16. The van der Waals surface area contributed by atoms with Gasteiger partial charge in [-0.3, -0.25) is 9.88 Å². The van der Waals surface area contributed by atoms with Gasteiger partial charge in [0, 0.05) is 37.4 Å². The van der Waals surface area contributed by atoms with Crippen molar-refractivity contribution in [2.45, 2.75) is 38.4 Å². The molecule has 0 amide bonds. The molecule has 0 unspecified atom stereocenters. The second kappa shape index (κ2) is 5.35. The lowest BCUT2D eigenvalue weighted by molar-refractivity contribution is 0.243. The van der Waals surface area contributed by atoms with Crippen molar-refractivity contribution in [2.75, 3.05) is 18.0 Å². The van der Waals surface area contributed by atoms with Gasteiger partial charge in [0.1, 0.15) is 5.51 Å². The molecule has 4 heterocycles. The molecule has 0 spiro atoms. The maximum atomic E-state index is 4.64. The molecule has 2 aromatic heterocycles. The number of anilines is 1. The van der Waals surface area contributed by atoms with E-state index in [1.165, 1.54) is 18.5 Å². The van der Waals surface area contributed by atoms with E-state index in [0.717, 1.165) is 30.5 Å². The number of rotatable bonds is 3. The third-order valence-corrected chi connectivity index (χ3v) is 5.32. The molecular weight excluding hydrogens is 282 g/mol. The van der Waals surface area contributed by atoms with E-state index in [0.29, 0.717) is 12.1 Å². The number of aryl methyl sites for hydroxylation is 1. The minimum Gasteiger partial charge on any atom is -0.342 e. The molecule has 5 nitrogen and oxygen atoms in total. The number of hydrogen-bond acceptors (Lipinski definition) is 6. The van der Waals surface area contributed by atoms with Gasteiger partial charge in [-0.05, 0) is 31.9 Å². The van der Waals surface area contributed by atoms with Crippen molar-refractivity contribution in [1.82, 2.24) is 20.1 Å². The highest BCUT2D eigenvalue weighted by atomic mass is 32.1. The van der Waals surface area contributed by atoms with E-state index in [2.05, 4.69) is 50.1 Å². The molecule has 2 fully saturated rings. The molecule has 0 radical (unpaired) electrons. The second-order valence-electron chi connectivity index (χ2n) is 5.87. The Morgan fingerprint density at radius 3 is 2.95 bits per heavy atom. The van der Waals surface area contributed by atoms with Crippen LogP contribution in [0.3, 0.4) is 0 Å². The van der Waals surface area contributed by atoms with Crippen LogP contribution in [0.4, 0.5) is 5.13 Å². The second-order valence-corrected chi connectivity index (χ2v) is 6.68. The van der Waals surface area contributed by atoms with Gasteiger partial charge in [-0.25, -0.2) is 0 Å². The van der Waals surface area contributed by atoms with Crippen LogP contribution in [0.15, 0.2) is 23.7 Å². The van der Waals surface area contributed by atoms with Crippen molar-refractivity contribution in [3.63, 3.8) is 0 Å². The summed E-state index contributed by atoms with van der Waals surface area (Å²) < 4.78 is 0. The smallest absolute Gasteiger partial charge is 0.208 e. The van der Waals surface area contributed by atoms with E-state index in [1.807, 2.05) is 5.51 Å². The first kappa shape index (κ1) is 13.2. The van der Waals surface area contributed by atoms with Crippen molar-refractivity contribution in [1.29, 1.82) is 0 Å². The van der Waals surface area contributed by atoms with Gasteiger partial charge >= 0.3 is 0 Å². The largest absolute Gasteiger partial charge is 0.342 e. The maximum absolute atomic E-state index is 4.64. The molecule has 0 bridgehead atoms. The van der Waals surface area contributed by atoms with E-state index >= 15 is 0 Å². The molecule has 0 aliphatic carbocycles. The van der Waals surface area contributed by atoms with Gasteiger partial charge in [-0.1, -0.05) is 17.4 Å². The number of fused-ring (bicyclic) bond motifs is 1. The Hall–Kier alpha value is -1.53. The molecular formula is C15H19N5S. The summed E-state index contributed by atoms with van der Waals surface area (Å²) in [4.78, 5) is 9.69. The third-order valence-electron chi connectivity index (χ3n) is 4.60. The summed E-state index contributed by atoms with van der Waals surface area (Å²) in [6.45, 7) is 5.28. The summed E-state index contributed by atoms with van der Waals surface area (Å²) >= 11 is 1.65. The summed E-state index contributed by atoms with van der Waals surface area (Å²) in [5.74, 6) is 0. The molecule has 21 heavy (non-hydrogen) atoms. The minimum absolute atomic E-state index is 0.600. The summed E-state index contributed by atoms with van der Waals surface area (Å²) in [7, 11) is 0. The molecule has 2 saturated heterocycles. The number of likely N-dealkylation sites (tertiary alicyclic amines) is 1. The van der Waals surface area contributed by atoms with E-state index in [1.54, 1.807) is 11.3 Å². The highest BCUT2D eigenvalue weighted by Gasteiger charge is 2.43. The van der Waals surface area contributed by atoms with E-state index in [4.69, 9.17) is 0 Å². The van der Waals surface area contributed by atoms with Gasteiger partial charge in [-0.15, -0.1) is 10.2 Å². The first-order valence-electron chi connectivity index (χ1n) is 7.50. The summed E-state index contributed by atoms with van der Waals surface area (Å²) in [5.41, 5.74) is 4.11. The van der Waals surface area contributed by atoms with Crippen molar-refractivity contribution in [3.8, 4) is 0 Å². The Labute approximate surface area is 128 Å². The third kappa shape index (κ3) is 2.42. The quantitative estimate of drug-likeness (QED) is 0.868. The lowest BCUT2D eigenvalue weighted by Crippen LogP contribution is -2.36. The zero-order valence-corrected chi connectivity index (χ0v) is 13.0. The molecule has 4 rings (SSSR count). The zero-order chi connectivity index (χ0) is 14.2.